The molecule has 4 aromatic rings. The molecule has 2 aromatic carbocycles. The third-order valence-corrected chi connectivity index (χ3v) is 5.59. The van der Waals surface area contributed by atoms with Crippen LogP contribution in [0, 0.1) is 0 Å². The number of hydrogen-bond acceptors (Lipinski definition) is 2. The zero-order chi connectivity index (χ0) is 17.5. The quantitative estimate of drug-likeness (QED) is 0.418. The van der Waals surface area contributed by atoms with Crippen LogP contribution >= 0.6 is 36.4 Å². The largest absolute Gasteiger partial charge is 0.308 e. The molecule has 2 aromatic heterocycles. The van der Waals surface area contributed by atoms with E-state index in [4.69, 9.17) is 16.6 Å². The molecule has 4 nitrogen and oxygen atoms in total. The summed E-state index contributed by atoms with van der Waals surface area (Å²) >= 11 is 6.09. The van der Waals surface area contributed by atoms with E-state index in [-0.39, 0.29) is 24.8 Å². The number of aromatic nitrogens is 3. The van der Waals surface area contributed by atoms with Crippen molar-refractivity contribution in [1.82, 2.24) is 18.9 Å². The first-order valence-corrected chi connectivity index (χ1v) is 9.62. The zero-order valence-corrected chi connectivity index (χ0v) is 17.8. The first kappa shape index (κ1) is 21.0. The third-order valence-electron chi connectivity index (χ3n) is 5.34. The molecule has 0 radical (unpaired) electrons. The molecular weight excluding hydrogens is 415 g/mol. The Morgan fingerprint density at radius 2 is 1.61 bits per heavy atom. The molecule has 0 aliphatic carbocycles. The van der Waals surface area contributed by atoms with Gasteiger partial charge in [-0.2, -0.15) is 0 Å². The van der Waals surface area contributed by atoms with Crippen LogP contribution in [-0.4, -0.2) is 38.5 Å². The van der Waals surface area contributed by atoms with Crippen molar-refractivity contribution < 1.29 is 0 Å². The Morgan fingerprint density at radius 1 is 0.893 bits per heavy atom. The van der Waals surface area contributed by atoms with Crippen LogP contribution in [0.1, 0.15) is 12.8 Å². The summed E-state index contributed by atoms with van der Waals surface area (Å²) in [5.41, 5.74) is 4.55. The summed E-state index contributed by atoms with van der Waals surface area (Å²) in [4.78, 5) is 7.45. The Morgan fingerprint density at radius 3 is 2.36 bits per heavy atom. The predicted octanol–water partition coefficient (Wildman–Crippen LogP) is 5.55. The molecule has 0 bridgehead atoms. The molecule has 0 N–H and O–H groups in total. The van der Waals surface area contributed by atoms with Gasteiger partial charge in [-0.3, -0.25) is 4.40 Å². The van der Waals surface area contributed by atoms with Crippen LogP contribution in [0.2, 0.25) is 5.02 Å². The summed E-state index contributed by atoms with van der Waals surface area (Å²) in [6.07, 6.45) is 4.84. The molecule has 7 heteroatoms. The van der Waals surface area contributed by atoms with Crippen LogP contribution in [0.3, 0.4) is 0 Å². The molecule has 1 fully saturated rings. The molecule has 5 rings (SSSR count). The van der Waals surface area contributed by atoms with Crippen molar-refractivity contribution in [3.05, 3.63) is 59.8 Å². The predicted molar refractivity (Wildman–Crippen MR) is 121 cm³/mol. The lowest BCUT2D eigenvalue weighted by Crippen LogP contribution is -2.24. The molecular formula is C21H23Cl3N4. The lowest BCUT2D eigenvalue weighted by atomic mass is 10.1. The Balaban J connectivity index is 0.00000112. The standard InChI is InChI=1S/C21H21ClN4.2ClH/c22-17-9-7-16(8-10-17)20-15-26-19-6-2-1-5-18(19)23-21(26)25(20)14-13-24-11-3-4-12-24;;/h1-2,5-10,15H,3-4,11-14H2;2*1H. The van der Waals surface area contributed by atoms with Crippen LogP contribution in [0.25, 0.3) is 28.1 Å². The van der Waals surface area contributed by atoms with Crippen molar-refractivity contribution >= 4 is 53.2 Å². The van der Waals surface area contributed by atoms with Gasteiger partial charge in [0.15, 0.2) is 0 Å². The van der Waals surface area contributed by atoms with E-state index >= 15 is 0 Å². The minimum Gasteiger partial charge on any atom is -0.308 e. The minimum absolute atomic E-state index is 0. The minimum atomic E-state index is 0. The summed E-state index contributed by atoms with van der Waals surface area (Å²) in [5.74, 6) is 1.01. The van der Waals surface area contributed by atoms with Gasteiger partial charge in [-0.15, -0.1) is 24.8 Å². The Bertz CT molecular complexity index is 1060. The molecule has 0 amide bonds. The molecule has 1 aliphatic heterocycles. The van der Waals surface area contributed by atoms with Crippen LogP contribution in [0.4, 0.5) is 0 Å². The maximum atomic E-state index is 6.09. The number of benzene rings is 2. The van der Waals surface area contributed by atoms with Gasteiger partial charge in [0.1, 0.15) is 0 Å². The summed E-state index contributed by atoms with van der Waals surface area (Å²) in [5, 5.41) is 0.763. The second-order valence-electron chi connectivity index (χ2n) is 6.99. The smallest absolute Gasteiger partial charge is 0.215 e. The number of para-hydroxylation sites is 2. The second kappa shape index (κ2) is 8.75. The molecule has 148 valence electrons. The van der Waals surface area contributed by atoms with Gasteiger partial charge >= 0.3 is 0 Å². The van der Waals surface area contributed by atoms with Gasteiger partial charge in [-0.05, 0) is 55.8 Å². The summed E-state index contributed by atoms with van der Waals surface area (Å²) in [6, 6.07) is 16.4. The van der Waals surface area contributed by atoms with E-state index in [1.54, 1.807) is 0 Å². The lowest BCUT2D eigenvalue weighted by molar-refractivity contribution is 0.324. The fourth-order valence-corrected chi connectivity index (χ4v) is 4.09. The van der Waals surface area contributed by atoms with E-state index < -0.39 is 0 Å². The van der Waals surface area contributed by atoms with E-state index in [9.17, 15) is 0 Å². The average molecular weight is 438 g/mol. The Hall–Kier alpha value is -1.72. The van der Waals surface area contributed by atoms with Gasteiger partial charge in [0.25, 0.3) is 0 Å². The molecule has 0 atom stereocenters. The van der Waals surface area contributed by atoms with Gasteiger partial charge in [0, 0.05) is 24.3 Å². The van der Waals surface area contributed by atoms with Gasteiger partial charge in [0.05, 0.1) is 16.7 Å². The first-order valence-electron chi connectivity index (χ1n) is 9.24. The number of halogens is 3. The fraction of sp³-hybridized carbons (Fsp3) is 0.286. The summed E-state index contributed by atoms with van der Waals surface area (Å²) in [7, 11) is 0. The SMILES string of the molecule is Cl.Cl.Clc1ccc(-c2cn3c4ccccc4nc3n2CCN2CCCC2)cc1. The highest BCUT2D eigenvalue weighted by molar-refractivity contribution is 6.30. The highest BCUT2D eigenvalue weighted by atomic mass is 35.5. The Kier molecular flexibility index (Phi) is 6.56. The summed E-state index contributed by atoms with van der Waals surface area (Å²) in [6.45, 7) is 4.43. The van der Waals surface area contributed by atoms with Crippen LogP contribution in [0.15, 0.2) is 54.7 Å². The fourth-order valence-electron chi connectivity index (χ4n) is 3.97. The van der Waals surface area contributed by atoms with E-state index in [1.165, 1.54) is 37.2 Å². The molecule has 0 saturated carbocycles. The van der Waals surface area contributed by atoms with E-state index in [0.717, 1.165) is 34.9 Å². The summed E-state index contributed by atoms with van der Waals surface area (Å²) < 4.78 is 4.56. The van der Waals surface area contributed by atoms with Crippen LogP contribution in [0.5, 0.6) is 0 Å². The van der Waals surface area contributed by atoms with Crippen molar-refractivity contribution in [2.24, 2.45) is 0 Å². The van der Waals surface area contributed by atoms with E-state index in [2.05, 4.69) is 50.4 Å². The number of hydrogen-bond donors (Lipinski definition) is 0. The van der Waals surface area contributed by atoms with Crippen LogP contribution in [-0.2, 0) is 6.54 Å². The van der Waals surface area contributed by atoms with Gasteiger partial charge in [-0.25, -0.2) is 4.98 Å². The number of nitrogens with zero attached hydrogens (tertiary/aromatic N) is 4. The number of likely N-dealkylation sites (tertiary alicyclic amines) is 1. The van der Waals surface area contributed by atoms with E-state index in [1.807, 2.05) is 18.2 Å². The Labute approximate surface area is 181 Å². The number of rotatable bonds is 4. The number of fused-ring (bicyclic) bond motifs is 3. The highest BCUT2D eigenvalue weighted by Crippen LogP contribution is 2.27. The van der Waals surface area contributed by atoms with Gasteiger partial charge < -0.3 is 9.47 Å². The lowest BCUT2D eigenvalue weighted by Gasteiger charge is -2.16. The zero-order valence-electron chi connectivity index (χ0n) is 15.4. The maximum Gasteiger partial charge on any atom is 0.215 e. The average Bonchev–Trinajstić information content (AvgIpc) is 3.36. The van der Waals surface area contributed by atoms with Crippen molar-refractivity contribution in [2.45, 2.75) is 19.4 Å². The van der Waals surface area contributed by atoms with Crippen molar-refractivity contribution in [3.8, 4) is 11.3 Å². The van der Waals surface area contributed by atoms with E-state index in [0.29, 0.717) is 0 Å². The topological polar surface area (TPSA) is 25.5 Å². The third kappa shape index (κ3) is 3.74. The van der Waals surface area contributed by atoms with Gasteiger partial charge in [0.2, 0.25) is 5.78 Å². The molecule has 1 aliphatic rings. The molecule has 1 saturated heterocycles. The van der Waals surface area contributed by atoms with Crippen LogP contribution < -0.4 is 0 Å². The first-order chi connectivity index (χ1) is 12.8. The van der Waals surface area contributed by atoms with Gasteiger partial charge in [-0.1, -0.05) is 35.9 Å². The molecule has 3 heterocycles. The molecule has 0 spiro atoms. The second-order valence-corrected chi connectivity index (χ2v) is 7.43. The molecule has 0 unspecified atom stereocenters. The van der Waals surface area contributed by atoms with Crippen molar-refractivity contribution in [1.29, 1.82) is 0 Å². The van der Waals surface area contributed by atoms with Crippen molar-refractivity contribution in [2.75, 3.05) is 19.6 Å². The molecule has 28 heavy (non-hydrogen) atoms. The number of imidazole rings is 2. The highest BCUT2D eigenvalue weighted by Gasteiger charge is 2.17. The monoisotopic (exact) mass is 436 g/mol. The normalized spacial score (nSPS) is 14.3. The maximum absolute atomic E-state index is 6.09. The van der Waals surface area contributed by atoms with Crippen molar-refractivity contribution in [3.63, 3.8) is 0 Å².